The lowest BCUT2D eigenvalue weighted by atomic mass is 9.97. The van der Waals surface area contributed by atoms with E-state index in [1.54, 1.807) is 24.0 Å². The highest BCUT2D eigenvalue weighted by Crippen LogP contribution is 2.37. The molecule has 10 nitrogen and oxygen atoms in total. The van der Waals surface area contributed by atoms with Crippen molar-refractivity contribution >= 4 is 17.5 Å². The normalized spacial score (nSPS) is 14.2. The van der Waals surface area contributed by atoms with Crippen LogP contribution in [0, 0.1) is 16.0 Å². The molecule has 0 bridgehead atoms. The fraction of sp³-hybridized carbons (Fsp3) is 0.318. The highest BCUT2D eigenvalue weighted by molar-refractivity contribution is 5.73. The number of hydrogen-bond donors (Lipinski definition) is 0. The molecule has 0 N–H and O–H groups in total. The molecule has 1 fully saturated rings. The van der Waals surface area contributed by atoms with E-state index in [1.807, 2.05) is 41.2 Å². The Hall–Kier alpha value is -3.95. The molecule has 166 valence electrons. The van der Waals surface area contributed by atoms with Crippen LogP contribution in [0.3, 0.4) is 0 Å². The zero-order chi connectivity index (χ0) is 22.5. The van der Waals surface area contributed by atoms with Gasteiger partial charge in [0.1, 0.15) is 12.1 Å². The van der Waals surface area contributed by atoms with E-state index in [0.29, 0.717) is 38.3 Å². The number of carbonyl (C=O) groups is 1. The summed E-state index contributed by atoms with van der Waals surface area (Å²) in [4.78, 5) is 33.3. The Morgan fingerprint density at radius 3 is 2.47 bits per heavy atom. The minimum atomic E-state index is -0.531. The first kappa shape index (κ1) is 21.3. The van der Waals surface area contributed by atoms with Crippen LogP contribution in [-0.4, -0.2) is 45.1 Å². The van der Waals surface area contributed by atoms with Crippen LogP contribution >= 0.6 is 0 Å². The molecule has 0 radical (unpaired) electrons. The number of anilines is 1. The molecule has 2 aromatic heterocycles. The molecule has 0 aliphatic carbocycles. The zero-order valence-electron chi connectivity index (χ0n) is 17.6. The van der Waals surface area contributed by atoms with Crippen molar-refractivity contribution in [2.75, 3.05) is 24.6 Å². The standard InChI is InChI=1S/C22H23N5O5/c1-2-31-22(28)16-9-13-26(14-10-16)20-19(27(29)30)21(24-15-23-20)32-18-7-5-17(6-8-18)25-11-3-4-12-25/h3-8,11-12,15-16H,2,9-10,13-14H2,1H3. The first-order valence-corrected chi connectivity index (χ1v) is 10.4. The third-order valence-corrected chi connectivity index (χ3v) is 5.32. The summed E-state index contributed by atoms with van der Waals surface area (Å²) in [5, 5.41) is 11.9. The van der Waals surface area contributed by atoms with Gasteiger partial charge in [-0.1, -0.05) is 0 Å². The van der Waals surface area contributed by atoms with Crippen LogP contribution in [0.1, 0.15) is 19.8 Å². The lowest BCUT2D eigenvalue weighted by Crippen LogP contribution is -2.37. The van der Waals surface area contributed by atoms with Crippen LogP contribution in [0.15, 0.2) is 55.1 Å². The molecule has 1 saturated heterocycles. The van der Waals surface area contributed by atoms with E-state index in [9.17, 15) is 14.9 Å². The Morgan fingerprint density at radius 2 is 1.84 bits per heavy atom. The van der Waals surface area contributed by atoms with Crippen molar-refractivity contribution in [1.29, 1.82) is 0 Å². The van der Waals surface area contributed by atoms with Gasteiger partial charge in [-0.15, -0.1) is 0 Å². The predicted molar refractivity (Wildman–Crippen MR) is 116 cm³/mol. The number of hydrogen-bond acceptors (Lipinski definition) is 8. The minimum absolute atomic E-state index is 0.124. The smallest absolute Gasteiger partial charge is 0.373 e. The number of ether oxygens (including phenoxy) is 2. The van der Waals surface area contributed by atoms with Crippen molar-refractivity contribution < 1.29 is 19.2 Å². The SMILES string of the molecule is CCOC(=O)C1CCN(c2ncnc(Oc3ccc(-n4cccc4)cc3)c2[N+](=O)[O-])CC1. The molecule has 0 unspecified atom stereocenters. The number of piperidine rings is 1. The van der Waals surface area contributed by atoms with Gasteiger partial charge in [-0.3, -0.25) is 14.9 Å². The molecule has 3 heterocycles. The van der Waals surface area contributed by atoms with Gasteiger partial charge in [-0.2, -0.15) is 4.98 Å². The molecule has 0 amide bonds. The molecule has 1 aromatic carbocycles. The largest absolute Gasteiger partial charge is 0.466 e. The second-order valence-electron chi connectivity index (χ2n) is 7.31. The molecule has 1 aliphatic rings. The van der Waals surface area contributed by atoms with Gasteiger partial charge >= 0.3 is 17.5 Å². The summed E-state index contributed by atoms with van der Waals surface area (Å²) < 4.78 is 12.8. The maximum atomic E-state index is 12.0. The lowest BCUT2D eigenvalue weighted by Gasteiger charge is -2.31. The Labute approximate surface area is 184 Å². The average Bonchev–Trinajstić information content (AvgIpc) is 3.34. The number of aromatic nitrogens is 3. The lowest BCUT2D eigenvalue weighted by molar-refractivity contribution is -0.385. The van der Waals surface area contributed by atoms with Gasteiger partial charge < -0.3 is 18.9 Å². The van der Waals surface area contributed by atoms with E-state index in [1.165, 1.54) is 6.33 Å². The maximum absolute atomic E-state index is 12.0. The topological polar surface area (TPSA) is 113 Å². The van der Waals surface area contributed by atoms with Crippen molar-refractivity contribution in [2.24, 2.45) is 5.92 Å². The number of esters is 1. The number of benzene rings is 1. The summed E-state index contributed by atoms with van der Waals surface area (Å²) in [5.41, 5.74) is 0.640. The summed E-state index contributed by atoms with van der Waals surface area (Å²) in [5.74, 6) is 0.0560. The van der Waals surface area contributed by atoms with Crippen LogP contribution in [0.5, 0.6) is 11.6 Å². The molecule has 1 aliphatic heterocycles. The molecule has 32 heavy (non-hydrogen) atoms. The quantitative estimate of drug-likeness (QED) is 0.312. The Balaban J connectivity index is 1.53. The van der Waals surface area contributed by atoms with Crippen LogP contribution in [-0.2, 0) is 9.53 Å². The van der Waals surface area contributed by atoms with Gasteiger partial charge in [0.05, 0.1) is 17.4 Å². The molecule has 0 atom stereocenters. The van der Waals surface area contributed by atoms with E-state index in [2.05, 4.69) is 9.97 Å². The molecule has 10 heteroatoms. The third-order valence-electron chi connectivity index (χ3n) is 5.32. The van der Waals surface area contributed by atoms with Gasteiger partial charge in [-0.05, 0) is 56.2 Å². The van der Waals surface area contributed by atoms with E-state index in [4.69, 9.17) is 9.47 Å². The fourth-order valence-corrected chi connectivity index (χ4v) is 3.71. The number of nitrogens with zero attached hydrogens (tertiary/aromatic N) is 5. The fourth-order valence-electron chi connectivity index (χ4n) is 3.71. The first-order valence-electron chi connectivity index (χ1n) is 10.4. The molecule has 4 rings (SSSR count). The van der Waals surface area contributed by atoms with Crippen LogP contribution < -0.4 is 9.64 Å². The zero-order valence-corrected chi connectivity index (χ0v) is 17.6. The Kier molecular flexibility index (Phi) is 6.29. The highest BCUT2D eigenvalue weighted by Gasteiger charge is 2.33. The summed E-state index contributed by atoms with van der Waals surface area (Å²) in [6.45, 7) is 3.01. The third kappa shape index (κ3) is 4.53. The minimum Gasteiger partial charge on any atom is -0.466 e. The predicted octanol–water partition coefficient (Wildman–Crippen LogP) is 3.75. The van der Waals surface area contributed by atoms with Crippen LogP contribution in [0.4, 0.5) is 11.5 Å². The Bertz CT molecular complexity index is 1080. The second kappa shape index (κ2) is 9.46. The van der Waals surface area contributed by atoms with Gasteiger partial charge in [-0.25, -0.2) is 4.98 Å². The van der Waals surface area contributed by atoms with Crippen molar-refractivity contribution in [3.63, 3.8) is 0 Å². The van der Waals surface area contributed by atoms with Crippen molar-refractivity contribution in [2.45, 2.75) is 19.8 Å². The van der Waals surface area contributed by atoms with Gasteiger partial charge in [0.25, 0.3) is 0 Å². The van der Waals surface area contributed by atoms with Gasteiger partial charge in [0.2, 0.25) is 5.82 Å². The molecular formula is C22H23N5O5. The van der Waals surface area contributed by atoms with Crippen molar-refractivity contribution in [3.8, 4) is 17.3 Å². The highest BCUT2D eigenvalue weighted by atomic mass is 16.6. The molecule has 0 spiro atoms. The van der Waals surface area contributed by atoms with Gasteiger partial charge in [0, 0.05) is 31.2 Å². The second-order valence-corrected chi connectivity index (χ2v) is 7.31. The van der Waals surface area contributed by atoms with E-state index in [0.717, 1.165) is 5.69 Å². The summed E-state index contributed by atoms with van der Waals surface area (Å²) >= 11 is 0. The summed E-state index contributed by atoms with van der Waals surface area (Å²) in [6, 6.07) is 11.0. The molecule has 0 saturated carbocycles. The number of nitro groups is 1. The van der Waals surface area contributed by atoms with Crippen LogP contribution in [0.2, 0.25) is 0 Å². The van der Waals surface area contributed by atoms with E-state index in [-0.39, 0.29) is 29.3 Å². The number of rotatable bonds is 7. The molecular weight excluding hydrogens is 414 g/mol. The summed E-state index contributed by atoms with van der Waals surface area (Å²) in [6.07, 6.45) is 6.17. The van der Waals surface area contributed by atoms with Crippen molar-refractivity contribution in [3.05, 3.63) is 65.2 Å². The van der Waals surface area contributed by atoms with Crippen molar-refractivity contribution in [1.82, 2.24) is 14.5 Å². The van der Waals surface area contributed by atoms with E-state index < -0.39 is 4.92 Å². The summed E-state index contributed by atoms with van der Waals surface area (Å²) in [7, 11) is 0. The monoisotopic (exact) mass is 437 g/mol. The number of carbonyl (C=O) groups excluding carboxylic acids is 1. The van der Waals surface area contributed by atoms with Gasteiger partial charge in [0.15, 0.2) is 0 Å². The molecule has 3 aromatic rings. The maximum Gasteiger partial charge on any atom is 0.373 e. The average molecular weight is 437 g/mol. The van der Waals surface area contributed by atoms with Crippen LogP contribution in [0.25, 0.3) is 5.69 Å². The first-order chi connectivity index (χ1) is 15.6. The van der Waals surface area contributed by atoms with E-state index >= 15 is 0 Å². The Morgan fingerprint density at radius 1 is 1.16 bits per heavy atom.